The van der Waals surface area contributed by atoms with Crippen molar-refractivity contribution < 1.29 is 28.6 Å². The fraction of sp³-hybridized carbons (Fsp3) is 0.827. The van der Waals surface area contributed by atoms with Gasteiger partial charge in [-0.15, -0.1) is 0 Å². The highest BCUT2D eigenvalue weighted by Gasteiger charge is 2.19. The Morgan fingerprint density at radius 3 is 0.765 bits per heavy atom. The molecule has 0 N–H and O–H groups in total. The number of ether oxygens (including phenoxy) is 3. The summed E-state index contributed by atoms with van der Waals surface area (Å²) < 4.78 is 17.0. The lowest BCUT2D eigenvalue weighted by molar-refractivity contribution is -0.167. The lowest BCUT2D eigenvalue weighted by Crippen LogP contribution is -2.30. The lowest BCUT2D eigenvalue weighted by atomic mass is 10.0. The summed E-state index contributed by atoms with van der Waals surface area (Å²) in [7, 11) is 0. The predicted octanol–water partition coefficient (Wildman–Crippen LogP) is 24.7. The van der Waals surface area contributed by atoms with E-state index in [-0.39, 0.29) is 31.1 Å². The third-order valence-electron chi connectivity index (χ3n) is 16.0. The maximum Gasteiger partial charge on any atom is 0.306 e. The Balaban J connectivity index is 4.18. The summed E-state index contributed by atoms with van der Waals surface area (Å²) in [6, 6.07) is 0. The summed E-state index contributed by atoms with van der Waals surface area (Å²) >= 11 is 0. The van der Waals surface area contributed by atoms with E-state index in [0.717, 1.165) is 83.5 Å². The van der Waals surface area contributed by atoms with Gasteiger partial charge in [0.1, 0.15) is 13.2 Å². The summed E-state index contributed by atoms with van der Waals surface area (Å²) in [5.74, 6) is -0.845. The minimum absolute atomic E-state index is 0.0687. The molecule has 0 aliphatic rings. The van der Waals surface area contributed by atoms with Crippen LogP contribution in [-0.4, -0.2) is 37.2 Å². The Kier molecular flexibility index (Phi) is 67.1. The van der Waals surface area contributed by atoms with Gasteiger partial charge >= 0.3 is 17.9 Å². The first kappa shape index (κ1) is 78.1. The molecule has 0 radical (unpaired) electrons. The van der Waals surface area contributed by atoms with Crippen LogP contribution >= 0.6 is 0 Å². The molecule has 0 spiro atoms. The summed E-state index contributed by atoms with van der Waals surface area (Å²) in [6.07, 6.45) is 89.7. The van der Waals surface area contributed by atoms with Gasteiger partial charge in [-0.1, -0.05) is 338 Å². The maximum atomic E-state index is 12.9. The molecule has 0 aromatic rings. The lowest BCUT2D eigenvalue weighted by Gasteiger charge is -2.18. The smallest absolute Gasteiger partial charge is 0.306 e. The number of carbonyl (C=O) groups excluding carboxylic acids is 3. The van der Waals surface area contributed by atoms with E-state index in [1.54, 1.807) is 0 Å². The fourth-order valence-corrected chi connectivity index (χ4v) is 10.7. The van der Waals surface area contributed by atoms with E-state index >= 15 is 0 Å². The van der Waals surface area contributed by atoms with E-state index in [9.17, 15) is 14.4 Å². The molecule has 6 heteroatoms. The van der Waals surface area contributed by atoms with Crippen molar-refractivity contribution in [2.45, 2.75) is 386 Å². The van der Waals surface area contributed by atoms with Crippen molar-refractivity contribution in [1.82, 2.24) is 0 Å². The fourth-order valence-electron chi connectivity index (χ4n) is 10.7. The highest BCUT2D eigenvalue weighted by Crippen LogP contribution is 2.18. The quantitative estimate of drug-likeness (QED) is 0.0261. The van der Waals surface area contributed by atoms with Crippen LogP contribution < -0.4 is 0 Å². The van der Waals surface area contributed by atoms with Gasteiger partial charge in [0.05, 0.1) is 0 Å². The van der Waals surface area contributed by atoms with Crippen LogP contribution in [0.5, 0.6) is 0 Å². The van der Waals surface area contributed by atoms with Crippen LogP contribution in [0.4, 0.5) is 0 Å². The standard InChI is InChI=1S/C75H136O6/c1-4-7-10-13-16-19-22-24-26-28-30-32-34-36-37-39-40-42-44-46-48-50-53-56-59-62-65-68-74(77)80-71-72(70-79-73(76)67-64-61-58-55-52-21-18-15-12-9-6-3)81-75(78)69-66-63-60-57-54-51-49-47-45-43-41-38-35-33-31-29-27-25-23-20-17-14-11-8-5-2/h7,10,16,19,24,26,29-32,72H,4-6,8-9,11-15,17-18,20-23,25,27-28,33-71H2,1-3H3/b10-7-,19-16-,26-24-,31-29-,32-30-. The van der Waals surface area contributed by atoms with Gasteiger partial charge in [0.2, 0.25) is 0 Å². The molecule has 0 fully saturated rings. The molecule has 0 heterocycles. The first-order valence-electron chi connectivity index (χ1n) is 35.8. The normalized spacial score (nSPS) is 12.4. The molecule has 0 bridgehead atoms. The molecule has 1 atom stereocenters. The highest BCUT2D eigenvalue weighted by molar-refractivity contribution is 5.71. The molecule has 0 aliphatic heterocycles. The minimum Gasteiger partial charge on any atom is -0.462 e. The van der Waals surface area contributed by atoms with Crippen molar-refractivity contribution in [3.05, 3.63) is 60.8 Å². The molecule has 0 saturated heterocycles. The van der Waals surface area contributed by atoms with Crippen molar-refractivity contribution in [3.8, 4) is 0 Å². The number of esters is 3. The zero-order valence-corrected chi connectivity index (χ0v) is 54.3. The molecule has 0 aromatic heterocycles. The zero-order chi connectivity index (χ0) is 58.5. The van der Waals surface area contributed by atoms with Crippen molar-refractivity contribution in [1.29, 1.82) is 0 Å². The van der Waals surface area contributed by atoms with Gasteiger partial charge in [-0.05, 0) is 83.5 Å². The van der Waals surface area contributed by atoms with Gasteiger partial charge in [0, 0.05) is 19.3 Å². The second-order valence-corrected chi connectivity index (χ2v) is 24.1. The van der Waals surface area contributed by atoms with Gasteiger partial charge in [-0.25, -0.2) is 0 Å². The van der Waals surface area contributed by atoms with Crippen LogP contribution in [-0.2, 0) is 28.6 Å². The van der Waals surface area contributed by atoms with E-state index < -0.39 is 6.10 Å². The van der Waals surface area contributed by atoms with Crippen LogP contribution in [0, 0.1) is 0 Å². The van der Waals surface area contributed by atoms with Crippen LogP contribution in [0.3, 0.4) is 0 Å². The molecule has 0 saturated carbocycles. The Morgan fingerprint density at radius 1 is 0.259 bits per heavy atom. The Hall–Kier alpha value is -2.89. The molecule has 472 valence electrons. The molecule has 81 heavy (non-hydrogen) atoms. The maximum absolute atomic E-state index is 12.9. The van der Waals surface area contributed by atoms with Crippen LogP contribution in [0.2, 0.25) is 0 Å². The van der Waals surface area contributed by atoms with E-state index in [4.69, 9.17) is 14.2 Å². The highest BCUT2D eigenvalue weighted by atomic mass is 16.6. The Morgan fingerprint density at radius 2 is 0.481 bits per heavy atom. The molecular formula is C75H136O6. The van der Waals surface area contributed by atoms with E-state index in [1.165, 1.54) is 257 Å². The molecule has 0 aliphatic carbocycles. The van der Waals surface area contributed by atoms with Gasteiger partial charge in [0.15, 0.2) is 6.10 Å². The molecule has 6 nitrogen and oxygen atoms in total. The largest absolute Gasteiger partial charge is 0.462 e. The zero-order valence-electron chi connectivity index (χ0n) is 54.3. The van der Waals surface area contributed by atoms with Gasteiger partial charge in [-0.2, -0.15) is 0 Å². The Bertz CT molecular complexity index is 1440. The number of hydrogen-bond donors (Lipinski definition) is 0. The third kappa shape index (κ3) is 67.8. The summed E-state index contributed by atoms with van der Waals surface area (Å²) in [5.41, 5.74) is 0. The number of allylic oxidation sites excluding steroid dienone is 10. The second-order valence-electron chi connectivity index (χ2n) is 24.1. The molecule has 0 aromatic carbocycles. The molecular weight excluding hydrogens is 997 g/mol. The Labute approximate surface area is 504 Å². The van der Waals surface area contributed by atoms with Gasteiger partial charge in [-0.3, -0.25) is 14.4 Å². The van der Waals surface area contributed by atoms with E-state index in [2.05, 4.69) is 81.5 Å². The van der Waals surface area contributed by atoms with E-state index in [1.807, 2.05) is 0 Å². The average molecular weight is 1130 g/mol. The molecule has 1 unspecified atom stereocenters. The molecule has 0 rings (SSSR count). The third-order valence-corrected chi connectivity index (χ3v) is 16.0. The first-order chi connectivity index (χ1) is 40.0. The van der Waals surface area contributed by atoms with Crippen LogP contribution in [0.15, 0.2) is 60.8 Å². The van der Waals surface area contributed by atoms with Crippen LogP contribution in [0.1, 0.15) is 380 Å². The van der Waals surface area contributed by atoms with Crippen LogP contribution in [0.25, 0.3) is 0 Å². The summed E-state index contributed by atoms with van der Waals surface area (Å²) in [4.78, 5) is 38.4. The van der Waals surface area contributed by atoms with Gasteiger partial charge < -0.3 is 14.2 Å². The minimum atomic E-state index is -0.772. The van der Waals surface area contributed by atoms with Crippen molar-refractivity contribution in [2.24, 2.45) is 0 Å². The number of hydrogen-bond acceptors (Lipinski definition) is 6. The van der Waals surface area contributed by atoms with Crippen molar-refractivity contribution in [3.63, 3.8) is 0 Å². The SMILES string of the molecule is CC/C=C\C/C=C\C/C=C\C/C=C\CCCCCCCCCCCCCCCCC(=O)OCC(COC(=O)CCCCCCCCCCCCC)OC(=O)CCCCCCCCCCCCCCC/C=C\CCCCCCCCCC. The molecule has 0 amide bonds. The first-order valence-corrected chi connectivity index (χ1v) is 35.8. The number of rotatable bonds is 66. The second kappa shape index (κ2) is 69.6. The topological polar surface area (TPSA) is 78.9 Å². The number of unbranched alkanes of at least 4 members (excludes halogenated alkanes) is 45. The van der Waals surface area contributed by atoms with Crippen molar-refractivity contribution >= 4 is 17.9 Å². The average Bonchev–Trinajstić information content (AvgIpc) is 3.47. The predicted molar refractivity (Wildman–Crippen MR) is 353 cm³/mol. The number of carbonyl (C=O) groups is 3. The van der Waals surface area contributed by atoms with E-state index in [0.29, 0.717) is 19.3 Å². The monoisotopic (exact) mass is 1130 g/mol. The van der Waals surface area contributed by atoms with Gasteiger partial charge in [0.25, 0.3) is 0 Å². The summed E-state index contributed by atoms with van der Waals surface area (Å²) in [5, 5.41) is 0. The summed E-state index contributed by atoms with van der Waals surface area (Å²) in [6.45, 7) is 6.58. The van der Waals surface area contributed by atoms with Crippen molar-refractivity contribution in [2.75, 3.05) is 13.2 Å².